The predicted octanol–water partition coefficient (Wildman–Crippen LogP) is 5.96. The highest BCUT2D eigenvalue weighted by Gasteiger charge is 2.41. The molecule has 4 atom stereocenters. The van der Waals surface area contributed by atoms with Crippen molar-refractivity contribution in [2.24, 2.45) is 5.73 Å². The molecule has 5 rings (SSSR count). The summed E-state index contributed by atoms with van der Waals surface area (Å²) in [4.78, 5) is 0. The second kappa shape index (κ2) is 7.25. The topological polar surface area (TPSA) is 38.0 Å². The summed E-state index contributed by atoms with van der Waals surface area (Å²) < 4.78 is 38.9. The highest BCUT2D eigenvalue weighted by atomic mass is 19.4. The third-order valence-electron chi connectivity index (χ3n) is 6.33. The molecule has 5 heteroatoms. The molecule has 0 spiro atoms. The van der Waals surface area contributed by atoms with Crippen molar-refractivity contribution in [3.05, 3.63) is 95.1 Å². The zero-order valence-electron chi connectivity index (χ0n) is 16.4. The molecule has 2 nitrogen and oxygen atoms in total. The molecule has 154 valence electrons. The van der Waals surface area contributed by atoms with Crippen molar-refractivity contribution in [3.8, 4) is 11.1 Å². The minimum Gasteiger partial charge on any atom is -0.324 e. The zero-order valence-corrected chi connectivity index (χ0v) is 16.4. The standard InChI is InChI=1S/C25H23F3N2/c26-25(27,28)18-5-3-4-17(12-18)15-8-10-16(11-9-15)21-13-23(21)30-24-14-22(29)19-6-1-2-7-20(19)24/h1-12,21-24,30H,13-14,29H2. The van der Waals surface area contributed by atoms with E-state index >= 15 is 0 Å². The van der Waals surface area contributed by atoms with E-state index in [1.54, 1.807) is 6.07 Å². The van der Waals surface area contributed by atoms with Crippen LogP contribution >= 0.6 is 0 Å². The van der Waals surface area contributed by atoms with Crippen molar-refractivity contribution < 1.29 is 13.2 Å². The minimum atomic E-state index is -4.33. The van der Waals surface area contributed by atoms with Crippen LogP contribution in [0.3, 0.4) is 0 Å². The molecule has 3 aromatic rings. The fourth-order valence-electron chi connectivity index (χ4n) is 4.64. The normalized spacial score (nSPS) is 25.2. The van der Waals surface area contributed by atoms with Gasteiger partial charge in [0.15, 0.2) is 0 Å². The summed E-state index contributed by atoms with van der Waals surface area (Å²) in [6.07, 6.45) is -2.35. The fourth-order valence-corrected chi connectivity index (χ4v) is 4.64. The van der Waals surface area contributed by atoms with Gasteiger partial charge >= 0.3 is 6.18 Å². The van der Waals surface area contributed by atoms with Crippen LogP contribution in [0.2, 0.25) is 0 Å². The maximum atomic E-state index is 13.0. The van der Waals surface area contributed by atoms with Gasteiger partial charge in [-0.1, -0.05) is 60.7 Å². The highest BCUT2D eigenvalue weighted by Crippen LogP contribution is 2.45. The van der Waals surface area contributed by atoms with Gasteiger partial charge in [0, 0.05) is 24.0 Å². The molecular weight excluding hydrogens is 385 g/mol. The number of fused-ring (bicyclic) bond motifs is 1. The lowest BCUT2D eigenvalue weighted by molar-refractivity contribution is -0.137. The lowest BCUT2D eigenvalue weighted by Gasteiger charge is -2.14. The Bertz CT molecular complexity index is 1060. The first-order valence-corrected chi connectivity index (χ1v) is 10.3. The van der Waals surface area contributed by atoms with Gasteiger partial charge in [0.1, 0.15) is 0 Å². The van der Waals surface area contributed by atoms with Crippen molar-refractivity contribution in [1.82, 2.24) is 5.32 Å². The molecule has 4 unspecified atom stereocenters. The number of nitrogens with two attached hydrogens (primary N) is 1. The molecule has 0 saturated heterocycles. The van der Waals surface area contributed by atoms with Crippen LogP contribution in [0.25, 0.3) is 11.1 Å². The molecule has 2 aliphatic rings. The van der Waals surface area contributed by atoms with Gasteiger partial charge in [0.25, 0.3) is 0 Å². The second-order valence-corrected chi connectivity index (χ2v) is 8.34. The summed E-state index contributed by atoms with van der Waals surface area (Å²) in [5.41, 5.74) is 10.8. The first kappa shape index (κ1) is 19.3. The number of rotatable bonds is 4. The van der Waals surface area contributed by atoms with Crippen LogP contribution < -0.4 is 11.1 Å². The van der Waals surface area contributed by atoms with Crippen LogP contribution in [0.4, 0.5) is 13.2 Å². The third-order valence-corrected chi connectivity index (χ3v) is 6.33. The Morgan fingerprint density at radius 1 is 0.800 bits per heavy atom. The first-order chi connectivity index (χ1) is 14.4. The Kier molecular flexibility index (Phi) is 4.68. The van der Waals surface area contributed by atoms with Crippen molar-refractivity contribution in [2.75, 3.05) is 0 Å². The van der Waals surface area contributed by atoms with Crippen molar-refractivity contribution in [3.63, 3.8) is 0 Å². The first-order valence-electron chi connectivity index (χ1n) is 10.3. The summed E-state index contributed by atoms with van der Waals surface area (Å²) in [5.74, 6) is 0.435. The van der Waals surface area contributed by atoms with Gasteiger partial charge in [0.2, 0.25) is 0 Å². The smallest absolute Gasteiger partial charge is 0.324 e. The molecule has 0 aromatic heterocycles. The maximum Gasteiger partial charge on any atom is 0.416 e. The maximum absolute atomic E-state index is 13.0. The van der Waals surface area contributed by atoms with Gasteiger partial charge in [-0.05, 0) is 52.8 Å². The van der Waals surface area contributed by atoms with Crippen LogP contribution in [0, 0.1) is 0 Å². The van der Waals surface area contributed by atoms with Gasteiger partial charge in [-0.2, -0.15) is 13.2 Å². The van der Waals surface area contributed by atoms with E-state index in [0.717, 1.165) is 24.5 Å². The Morgan fingerprint density at radius 2 is 1.53 bits per heavy atom. The molecule has 0 radical (unpaired) electrons. The van der Waals surface area contributed by atoms with Crippen molar-refractivity contribution in [1.29, 1.82) is 0 Å². The van der Waals surface area contributed by atoms with Crippen LogP contribution in [-0.2, 0) is 6.18 Å². The van der Waals surface area contributed by atoms with Crippen LogP contribution in [0.1, 0.15) is 53.1 Å². The van der Waals surface area contributed by atoms with Crippen LogP contribution in [0.15, 0.2) is 72.8 Å². The molecule has 30 heavy (non-hydrogen) atoms. The number of nitrogens with one attached hydrogen (secondary N) is 1. The Balaban J connectivity index is 1.27. The average Bonchev–Trinajstić information content (AvgIpc) is 3.44. The van der Waals surface area contributed by atoms with E-state index < -0.39 is 11.7 Å². The predicted molar refractivity (Wildman–Crippen MR) is 112 cm³/mol. The second-order valence-electron chi connectivity index (χ2n) is 8.34. The Morgan fingerprint density at radius 3 is 2.27 bits per heavy atom. The summed E-state index contributed by atoms with van der Waals surface area (Å²) in [7, 11) is 0. The summed E-state index contributed by atoms with van der Waals surface area (Å²) in [5, 5.41) is 3.75. The lowest BCUT2D eigenvalue weighted by Crippen LogP contribution is -2.23. The molecule has 0 bridgehead atoms. The van der Waals surface area contributed by atoms with E-state index in [2.05, 4.69) is 23.5 Å². The van der Waals surface area contributed by atoms with E-state index in [-0.39, 0.29) is 12.1 Å². The van der Waals surface area contributed by atoms with Crippen molar-refractivity contribution in [2.45, 2.75) is 43.1 Å². The summed E-state index contributed by atoms with van der Waals surface area (Å²) in [6, 6.07) is 22.5. The van der Waals surface area contributed by atoms with E-state index in [1.807, 2.05) is 30.3 Å². The number of benzene rings is 3. The molecular formula is C25H23F3N2. The van der Waals surface area contributed by atoms with Crippen LogP contribution in [0.5, 0.6) is 0 Å². The molecule has 0 aliphatic heterocycles. The van der Waals surface area contributed by atoms with E-state index in [0.29, 0.717) is 17.5 Å². The molecule has 0 amide bonds. The monoisotopic (exact) mass is 408 g/mol. The lowest BCUT2D eigenvalue weighted by atomic mass is 10.00. The van der Waals surface area contributed by atoms with Gasteiger partial charge in [0.05, 0.1) is 5.56 Å². The third kappa shape index (κ3) is 3.64. The largest absolute Gasteiger partial charge is 0.416 e. The fraction of sp³-hybridized carbons (Fsp3) is 0.280. The number of hydrogen-bond donors (Lipinski definition) is 2. The van der Waals surface area contributed by atoms with Crippen molar-refractivity contribution >= 4 is 0 Å². The number of alkyl halides is 3. The average molecular weight is 408 g/mol. The Hall–Kier alpha value is -2.63. The van der Waals surface area contributed by atoms with E-state index in [4.69, 9.17) is 5.73 Å². The Labute approximate surface area is 173 Å². The molecule has 2 aliphatic carbocycles. The SMILES string of the molecule is NC1CC(NC2CC2c2ccc(-c3cccc(C(F)(F)F)c3)cc2)c2ccccc21. The van der Waals surface area contributed by atoms with Gasteiger partial charge in [-0.3, -0.25) is 0 Å². The summed E-state index contributed by atoms with van der Waals surface area (Å²) in [6.45, 7) is 0. The van der Waals surface area contributed by atoms with Crippen LogP contribution in [-0.4, -0.2) is 6.04 Å². The van der Waals surface area contributed by atoms with Gasteiger partial charge < -0.3 is 11.1 Å². The molecule has 0 heterocycles. The minimum absolute atomic E-state index is 0.0858. The summed E-state index contributed by atoms with van der Waals surface area (Å²) >= 11 is 0. The number of halogens is 3. The number of hydrogen-bond acceptors (Lipinski definition) is 2. The quantitative estimate of drug-likeness (QED) is 0.559. The zero-order chi connectivity index (χ0) is 20.9. The molecule has 3 aromatic carbocycles. The van der Waals surface area contributed by atoms with Gasteiger partial charge in [-0.25, -0.2) is 0 Å². The molecule has 1 saturated carbocycles. The molecule has 3 N–H and O–H groups in total. The van der Waals surface area contributed by atoms with E-state index in [1.165, 1.54) is 28.8 Å². The highest BCUT2D eigenvalue weighted by molar-refractivity contribution is 5.65. The molecule has 1 fully saturated rings. The van der Waals surface area contributed by atoms with E-state index in [9.17, 15) is 13.2 Å². The van der Waals surface area contributed by atoms with Gasteiger partial charge in [-0.15, -0.1) is 0 Å².